The normalized spacial score (nSPS) is 11.8. The van der Waals surface area contributed by atoms with Crippen LogP contribution in [0.2, 0.25) is 0 Å². The second-order valence-electron chi connectivity index (χ2n) is 4.08. The van der Waals surface area contributed by atoms with Crippen molar-refractivity contribution in [3.63, 3.8) is 0 Å². The number of carbonyl (C=O) groups is 2. The molecule has 1 atom stereocenters. The first kappa shape index (κ1) is 14.2. The third kappa shape index (κ3) is 3.04. The van der Waals surface area contributed by atoms with Crippen LogP contribution in [-0.4, -0.2) is 34.7 Å². The monoisotopic (exact) mass is 291 g/mol. The Balaban J connectivity index is 2.24. The summed E-state index contributed by atoms with van der Waals surface area (Å²) in [6.07, 6.45) is 0. The van der Waals surface area contributed by atoms with Crippen LogP contribution >= 0.6 is 11.3 Å². The topological polar surface area (TPSA) is 86.6 Å². The van der Waals surface area contributed by atoms with Gasteiger partial charge in [-0.3, -0.25) is 4.79 Å². The van der Waals surface area contributed by atoms with Crippen LogP contribution in [-0.2, 0) is 4.79 Å². The second kappa shape index (κ2) is 6.31. The molecule has 6 heteroatoms. The molecule has 20 heavy (non-hydrogen) atoms. The van der Waals surface area contributed by atoms with Gasteiger partial charge in [-0.1, -0.05) is 30.3 Å². The lowest BCUT2D eigenvalue weighted by Crippen LogP contribution is -2.43. The molecule has 0 aliphatic heterocycles. The summed E-state index contributed by atoms with van der Waals surface area (Å²) in [6, 6.07) is 9.86. The van der Waals surface area contributed by atoms with Gasteiger partial charge in [-0.25, -0.2) is 4.79 Å². The van der Waals surface area contributed by atoms with Crippen LogP contribution in [0.5, 0.6) is 0 Å². The highest BCUT2D eigenvalue weighted by Gasteiger charge is 2.22. The number of aliphatic hydroxyl groups is 1. The van der Waals surface area contributed by atoms with Crippen molar-refractivity contribution in [2.24, 2.45) is 0 Å². The third-order valence-corrected chi connectivity index (χ3v) is 3.66. The van der Waals surface area contributed by atoms with E-state index in [4.69, 9.17) is 10.2 Å². The minimum absolute atomic E-state index is 0.427. The maximum absolute atomic E-state index is 12.1. The Morgan fingerprint density at radius 2 is 1.90 bits per heavy atom. The lowest BCUT2D eigenvalue weighted by atomic mass is 10.1. The van der Waals surface area contributed by atoms with E-state index in [1.807, 2.05) is 36.4 Å². The molecule has 0 bridgehead atoms. The molecule has 1 aromatic carbocycles. The summed E-state index contributed by atoms with van der Waals surface area (Å²) < 4.78 is 0. The van der Waals surface area contributed by atoms with Gasteiger partial charge in [0, 0.05) is 5.56 Å². The fourth-order valence-electron chi connectivity index (χ4n) is 1.74. The van der Waals surface area contributed by atoms with E-state index in [0.29, 0.717) is 4.88 Å². The molecule has 5 nitrogen and oxygen atoms in total. The summed E-state index contributed by atoms with van der Waals surface area (Å²) in [4.78, 5) is 23.3. The van der Waals surface area contributed by atoms with Gasteiger partial charge in [0.1, 0.15) is 0 Å². The summed E-state index contributed by atoms with van der Waals surface area (Å²) in [5.74, 6) is -1.76. The second-order valence-corrected chi connectivity index (χ2v) is 4.99. The van der Waals surface area contributed by atoms with Crippen LogP contribution in [0.3, 0.4) is 0 Å². The van der Waals surface area contributed by atoms with E-state index in [2.05, 4.69) is 5.32 Å². The number of hydrogen-bond donors (Lipinski definition) is 3. The average Bonchev–Trinajstić information content (AvgIpc) is 2.94. The van der Waals surface area contributed by atoms with Gasteiger partial charge >= 0.3 is 5.97 Å². The first-order valence-corrected chi connectivity index (χ1v) is 6.79. The number of carboxylic acids is 1. The first-order chi connectivity index (χ1) is 9.63. The summed E-state index contributed by atoms with van der Waals surface area (Å²) in [6.45, 7) is -0.646. The van der Waals surface area contributed by atoms with Crippen molar-refractivity contribution < 1.29 is 19.8 Å². The average molecular weight is 291 g/mol. The maximum atomic E-state index is 12.1. The van der Waals surface area contributed by atoms with Gasteiger partial charge in [-0.05, 0) is 17.0 Å². The lowest BCUT2D eigenvalue weighted by molar-refractivity contribution is -0.140. The van der Waals surface area contributed by atoms with Crippen LogP contribution in [0.1, 0.15) is 9.67 Å². The quantitative estimate of drug-likeness (QED) is 0.781. The van der Waals surface area contributed by atoms with Gasteiger partial charge in [0.15, 0.2) is 6.04 Å². The Hall–Kier alpha value is -2.18. The molecule has 1 amide bonds. The van der Waals surface area contributed by atoms with Gasteiger partial charge in [-0.15, -0.1) is 11.3 Å². The molecule has 1 aromatic heterocycles. The largest absolute Gasteiger partial charge is 0.480 e. The molecule has 2 aromatic rings. The molecule has 0 aliphatic carbocycles. The van der Waals surface area contributed by atoms with E-state index in [1.54, 1.807) is 5.38 Å². The predicted octanol–water partition coefficient (Wildman–Crippen LogP) is 1.59. The van der Waals surface area contributed by atoms with Gasteiger partial charge in [0.25, 0.3) is 5.91 Å². The highest BCUT2D eigenvalue weighted by atomic mass is 32.1. The number of carboxylic acid groups (broad SMARTS) is 1. The molecule has 0 radical (unpaired) electrons. The van der Waals surface area contributed by atoms with Crippen LogP contribution < -0.4 is 5.32 Å². The zero-order valence-corrected chi connectivity index (χ0v) is 11.3. The molecule has 0 aliphatic rings. The Kier molecular flexibility index (Phi) is 4.49. The number of benzene rings is 1. The van der Waals surface area contributed by atoms with Gasteiger partial charge < -0.3 is 15.5 Å². The van der Waals surface area contributed by atoms with Crippen molar-refractivity contribution in [3.8, 4) is 11.1 Å². The Morgan fingerprint density at radius 3 is 2.50 bits per heavy atom. The van der Waals surface area contributed by atoms with Crippen molar-refractivity contribution in [2.75, 3.05) is 6.61 Å². The molecule has 1 heterocycles. The lowest BCUT2D eigenvalue weighted by Gasteiger charge is -2.11. The molecule has 104 valence electrons. The smallest absolute Gasteiger partial charge is 0.328 e. The third-order valence-electron chi connectivity index (χ3n) is 2.74. The van der Waals surface area contributed by atoms with Crippen LogP contribution in [0, 0.1) is 0 Å². The zero-order valence-electron chi connectivity index (χ0n) is 10.4. The Bertz CT molecular complexity index is 609. The van der Waals surface area contributed by atoms with E-state index >= 15 is 0 Å². The minimum atomic E-state index is -1.30. The number of hydrogen-bond acceptors (Lipinski definition) is 4. The molecule has 3 N–H and O–H groups in total. The summed E-state index contributed by atoms with van der Waals surface area (Å²) in [7, 11) is 0. The van der Waals surface area contributed by atoms with Crippen LogP contribution in [0.25, 0.3) is 11.1 Å². The van der Waals surface area contributed by atoms with Crippen molar-refractivity contribution in [2.45, 2.75) is 6.04 Å². The minimum Gasteiger partial charge on any atom is -0.480 e. The highest BCUT2D eigenvalue weighted by Crippen LogP contribution is 2.28. The molecule has 0 fully saturated rings. The first-order valence-electron chi connectivity index (χ1n) is 5.91. The van der Waals surface area contributed by atoms with E-state index in [9.17, 15) is 9.59 Å². The Labute approximate surface area is 119 Å². The number of aliphatic hydroxyl groups excluding tert-OH is 1. The van der Waals surface area contributed by atoms with Crippen molar-refractivity contribution in [3.05, 3.63) is 46.7 Å². The van der Waals surface area contributed by atoms with E-state index < -0.39 is 24.5 Å². The molecular weight excluding hydrogens is 278 g/mol. The molecule has 0 saturated heterocycles. The number of aliphatic carboxylic acids is 1. The zero-order chi connectivity index (χ0) is 14.5. The van der Waals surface area contributed by atoms with E-state index in [-0.39, 0.29) is 0 Å². The molecular formula is C14H13NO4S. The van der Waals surface area contributed by atoms with Crippen LogP contribution in [0.15, 0.2) is 41.8 Å². The fourth-order valence-corrected chi connectivity index (χ4v) is 2.56. The summed E-state index contributed by atoms with van der Waals surface area (Å²) >= 11 is 1.23. The van der Waals surface area contributed by atoms with Gasteiger partial charge in [0.2, 0.25) is 0 Å². The molecule has 2 rings (SSSR count). The number of thiophene rings is 1. The number of carbonyl (C=O) groups excluding carboxylic acids is 1. The SMILES string of the molecule is O=C(N[C@@H](CO)C(=O)O)c1sccc1-c1ccccc1. The van der Waals surface area contributed by atoms with Crippen LogP contribution in [0.4, 0.5) is 0 Å². The standard InChI is InChI=1S/C14H13NO4S/c16-8-11(14(18)19)15-13(17)12-10(6-7-20-12)9-4-2-1-3-5-9/h1-7,11,16H,8H2,(H,15,17)(H,18,19)/t11-/m0/s1. The van der Waals surface area contributed by atoms with E-state index in [1.165, 1.54) is 11.3 Å². The summed E-state index contributed by atoms with van der Waals surface area (Å²) in [5.41, 5.74) is 1.63. The fraction of sp³-hybridized carbons (Fsp3) is 0.143. The van der Waals surface area contributed by atoms with Gasteiger partial charge in [0.05, 0.1) is 11.5 Å². The molecule has 0 saturated carbocycles. The van der Waals surface area contributed by atoms with Crippen molar-refractivity contribution in [1.82, 2.24) is 5.32 Å². The molecule has 0 spiro atoms. The van der Waals surface area contributed by atoms with Crippen molar-refractivity contribution in [1.29, 1.82) is 0 Å². The highest BCUT2D eigenvalue weighted by molar-refractivity contribution is 7.12. The predicted molar refractivity (Wildman–Crippen MR) is 75.7 cm³/mol. The van der Waals surface area contributed by atoms with Crippen molar-refractivity contribution >= 4 is 23.2 Å². The number of rotatable bonds is 5. The van der Waals surface area contributed by atoms with E-state index in [0.717, 1.165) is 11.1 Å². The number of nitrogens with one attached hydrogen (secondary N) is 1. The van der Waals surface area contributed by atoms with Gasteiger partial charge in [-0.2, -0.15) is 0 Å². The Morgan fingerprint density at radius 1 is 1.20 bits per heavy atom. The molecule has 0 unspecified atom stereocenters. The maximum Gasteiger partial charge on any atom is 0.328 e. The number of amides is 1. The summed E-state index contributed by atoms with van der Waals surface area (Å²) in [5, 5.41) is 21.8.